The predicted molar refractivity (Wildman–Crippen MR) is 101 cm³/mol. The minimum atomic E-state index is -0.0774. The molecule has 0 bridgehead atoms. The second-order valence-corrected chi connectivity index (χ2v) is 7.60. The van der Waals surface area contributed by atoms with Crippen molar-refractivity contribution in [2.75, 3.05) is 7.05 Å². The van der Waals surface area contributed by atoms with Crippen molar-refractivity contribution in [3.05, 3.63) is 70.0 Å². The van der Waals surface area contributed by atoms with Gasteiger partial charge in [-0.05, 0) is 42.5 Å². The quantitative estimate of drug-likeness (QED) is 0.723. The number of aromatic nitrogens is 1. The molecule has 4 rings (SSSR count). The van der Waals surface area contributed by atoms with Crippen LogP contribution >= 0.6 is 11.5 Å². The van der Waals surface area contributed by atoms with Gasteiger partial charge >= 0.3 is 0 Å². The summed E-state index contributed by atoms with van der Waals surface area (Å²) in [4.78, 5) is 27.1. The molecule has 1 aromatic heterocycles. The number of fused-ring (bicyclic) bond motifs is 2. The minimum absolute atomic E-state index is 0.0182. The highest BCUT2D eigenvalue weighted by molar-refractivity contribution is 7.13. The van der Waals surface area contributed by atoms with Crippen molar-refractivity contribution in [2.24, 2.45) is 0 Å². The number of hydrogen-bond donors (Lipinski definition) is 0. The third kappa shape index (κ3) is 2.89. The summed E-state index contributed by atoms with van der Waals surface area (Å²) in [5.74, 6) is -0.0182. The van der Waals surface area contributed by atoms with Gasteiger partial charge in [0.15, 0.2) is 0 Å². The molecule has 0 spiro atoms. The fourth-order valence-corrected chi connectivity index (χ4v) is 4.65. The molecule has 1 amide bonds. The van der Waals surface area contributed by atoms with Crippen LogP contribution in [0.4, 0.5) is 0 Å². The Hall–Kier alpha value is -2.40. The number of carbonyl (C=O) groups excluding carboxylic acids is 1. The lowest BCUT2D eigenvalue weighted by molar-refractivity contribution is -0.132. The molecule has 0 aliphatic heterocycles. The van der Waals surface area contributed by atoms with E-state index in [0.717, 1.165) is 24.0 Å². The van der Waals surface area contributed by atoms with Gasteiger partial charge in [-0.2, -0.15) is 0 Å². The fourth-order valence-electron chi connectivity index (χ4n) is 3.66. The zero-order chi connectivity index (χ0) is 17.4. The Balaban J connectivity index is 1.59. The molecule has 3 aromatic rings. The average molecular weight is 352 g/mol. The number of carbonyl (C=O) groups is 1. The third-order valence-corrected chi connectivity index (χ3v) is 6.10. The van der Waals surface area contributed by atoms with Crippen molar-refractivity contribution in [1.29, 1.82) is 0 Å². The van der Waals surface area contributed by atoms with Gasteiger partial charge in [0, 0.05) is 7.05 Å². The molecule has 2 aromatic carbocycles. The van der Waals surface area contributed by atoms with E-state index in [1.54, 1.807) is 3.96 Å². The van der Waals surface area contributed by atoms with Crippen LogP contribution in [-0.4, -0.2) is 21.8 Å². The smallest absolute Gasteiger partial charge is 0.268 e. The van der Waals surface area contributed by atoms with Crippen LogP contribution in [0.3, 0.4) is 0 Å². The van der Waals surface area contributed by atoms with Gasteiger partial charge in [0.25, 0.3) is 5.56 Å². The summed E-state index contributed by atoms with van der Waals surface area (Å²) in [6.45, 7) is 0.105. The standard InChI is InChI=1S/C20H20N2O2S/c1-21(17-11-6-8-14-7-2-3-9-15(14)17)19(23)13-22-20(24)16-10-4-5-12-18(16)25-22/h2-5,7,9-10,12,17H,6,8,11,13H2,1H3/t17-/m1/s1. The second-order valence-electron chi connectivity index (χ2n) is 6.54. The van der Waals surface area contributed by atoms with Gasteiger partial charge in [0.1, 0.15) is 6.54 Å². The fraction of sp³-hybridized carbons (Fsp3) is 0.300. The first kappa shape index (κ1) is 16.1. The summed E-state index contributed by atoms with van der Waals surface area (Å²) in [5, 5.41) is 0.686. The van der Waals surface area contributed by atoms with Crippen LogP contribution in [-0.2, 0) is 17.8 Å². The number of rotatable bonds is 3. The maximum atomic E-state index is 12.8. The average Bonchev–Trinajstić information content (AvgIpc) is 2.96. The first-order valence-electron chi connectivity index (χ1n) is 8.57. The Bertz CT molecular complexity index is 989. The number of nitrogens with zero attached hydrogens (tertiary/aromatic N) is 2. The van der Waals surface area contributed by atoms with Gasteiger partial charge in [-0.3, -0.25) is 13.5 Å². The van der Waals surface area contributed by atoms with E-state index < -0.39 is 0 Å². The molecule has 4 nitrogen and oxygen atoms in total. The number of hydrogen-bond acceptors (Lipinski definition) is 3. The molecule has 1 heterocycles. The number of likely N-dealkylation sites (N-methyl/N-ethyl adjacent to an activating group) is 1. The molecule has 128 valence electrons. The van der Waals surface area contributed by atoms with E-state index in [1.165, 1.54) is 22.7 Å². The Labute approximate surface area is 150 Å². The molecule has 0 N–H and O–H groups in total. The van der Waals surface area contributed by atoms with Crippen molar-refractivity contribution >= 4 is 27.5 Å². The van der Waals surface area contributed by atoms with E-state index in [9.17, 15) is 9.59 Å². The lowest BCUT2D eigenvalue weighted by Gasteiger charge is -2.33. The molecule has 0 saturated heterocycles. The predicted octanol–water partition coefficient (Wildman–Crippen LogP) is 3.60. The lowest BCUT2D eigenvalue weighted by atomic mass is 9.87. The maximum Gasteiger partial charge on any atom is 0.268 e. The van der Waals surface area contributed by atoms with E-state index in [1.807, 2.05) is 42.3 Å². The van der Waals surface area contributed by atoms with Crippen molar-refractivity contribution in [1.82, 2.24) is 8.86 Å². The molecular weight excluding hydrogens is 332 g/mol. The molecule has 1 aliphatic carbocycles. The zero-order valence-corrected chi connectivity index (χ0v) is 15.0. The van der Waals surface area contributed by atoms with Crippen LogP contribution in [0.2, 0.25) is 0 Å². The number of amides is 1. The van der Waals surface area contributed by atoms with Crippen molar-refractivity contribution in [2.45, 2.75) is 31.8 Å². The van der Waals surface area contributed by atoms with Crippen molar-refractivity contribution in [3.63, 3.8) is 0 Å². The molecule has 0 radical (unpaired) electrons. The van der Waals surface area contributed by atoms with E-state index in [0.29, 0.717) is 5.39 Å². The minimum Gasteiger partial charge on any atom is -0.337 e. The SMILES string of the molecule is CN(C(=O)Cn1sc2ccccc2c1=O)[C@@H]1CCCc2ccccc21. The highest BCUT2D eigenvalue weighted by Crippen LogP contribution is 2.33. The zero-order valence-electron chi connectivity index (χ0n) is 14.1. The monoisotopic (exact) mass is 352 g/mol. The summed E-state index contributed by atoms with van der Waals surface area (Å²) < 4.78 is 2.49. The van der Waals surface area contributed by atoms with Gasteiger partial charge in [-0.1, -0.05) is 47.9 Å². The van der Waals surface area contributed by atoms with E-state index in [4.69, 9.17) is 0 Å². The Morgan fingerprint density at radius 1 is 1.20 bits per heavy atom. The molecule has 1 aliphatic rings. The van der Waals surface area contributed by atoms with Gasteiger partial charge in [0.05, 0.1) is 16.1 Å². The molecule has 1 atom stereocenters. The van der Waals surface area contributed by atoms with Crippen molar-refractivity contribution in [3.8, 4) is 0 Å². The highest BCUT2D eigenvalue weighted by atomic mass is 32.1. The van der Waals surface area contributed by atoms with Gasteiger partial charge in [0.2, 0.25) is 5.91 Å². The topological polar surface area (TPSA) is 42.3 Å². The summed E-state index contributed by atoms with van der Waals surface area (Å²) in [7, 11) is 1.85. The number of benzene rings is 2. The van der Waals surface area contributed by atoms with Gasteiger partial charge < -0.3 is 4.90 Å². The Morgan fingerprint density at radius 3 is 2.80 bits per heavy atom. The lowest BCUT2D eigenvalue weighted by Crippen LogP contribution is -2.36. The van der Waals surface area contributed by atoms with Gasteiger partial charge in [-0.25, -0.2) is 0 Å². The summed E-state index contributed by atoms with van der Waals surface area (Å²) in [6.07, 6.45) is 3.13. The largest absolute Gasteiger partial charge is 0.337 e. The van der Waals surface area contributed by atoms with Gasteiger partial charge in [-0.15, -0.1) is 0 Å². The van der Waals surface area contributed by atoms with E-state index in [-0.39, 0.29) is 24.1 Å². The molecule has 0 fully saturated rings. The summed E-state index contributed by atoms with van der Waals surface area (Å²) in [6, 6.07) is 16.0. The molecule has 25 heavy (non-hydrogen) atoms. The first-order chi connectivity index (χ1) is 12.1. The van der Waals surface area contributed by atoms with Crippen LogP contribution in [0, 0.1) is 0 Å². The summed E-state index contributed by atoms with van der Waals surface area (Å²) >= 11 is 1.36. The van der Waals surface area contributed by atoms with Crippen LogP contribution in [0.15, 0.2) is 53.3 Å². The molecule has 0 unspecified atom stereocenters. The van der Waals surface area contributed by atoms with E-state index >= 15 is 0 Å². The normalized spacial score (nSPS) is 16.6. The maximum absolute atomic E-state index is 12.8. The third-order valence-electron chi connectivity index (χ3n) is 5.03. The first-order valence-corrected chi connectivity index (χ1v) is 9.35. The van der Waals surface area contributed by atoms with Crippen LogP contribution in [0.25, 0.3) is 10.1 Å². The highest BCUT2D eigenvalue weighted by Gasteiger charge is 2.27. The molecular formula is C20H20N2O2S. The van der Waals surface area contributed by atoms with Crippen molar-refractivity contribution < 1.29 is 4.79 Å². The van der Waals surface area contributed by atoms with E-state index in [2.05, 4.69) is 18.2 Å². The van der Waals surface area contributed by atoms with Crippen LogP contribution in [0.1, 0.15) is 30.0 Å². The Kier molecular flexibility index (Phi) is 4.17. The number of aryl methyl sites for hydroxylation is 1. The van der Waals surface area contributed by atoms with Crippen LogP contribution < -0.4 is 5.56 Å². The second kappa shape index (κ2) is 6.48. The molecule has 5 heteroatoms. The molecule has 0 saturated carbocycles. The summed E-state index contributed by atoms with van der Waals surface area (Å²) in [5.41, 5.74) is 2.50. The van der Waals surface area contributed by atoms with Crippen LogP contribution in [0.5, 0.6) is 0 Å². The Morgan fingerprint density at radius 2 is 1.96 bits per heavy atom.